The molecule has 0 saturated carbocycles. The lowest BCUT2D eigenvalue weighted by Crippen LogP contribution is -2.45. The number of primary sulfonamides is 1. The number of carboxylic acids is 1. The number of rotatable bonds is 21. The number of alkyl halides is 1. The number of sulfonamides is 1. The third-order valence-corrected chi connectivity index (χ3v) is 8.37. The summed E-state index contributed by atoms with van der Waals surface area (Å²) in [5.41, 5.74) is 1.58. The van der Waals surface area contributed by atoms with Crippen LogP contribution in [0.15, 0.2) is 53.0 Å². The lowest BCUT2D eigenvalue weighted by molar-refractivity contribution is -0.144. The molecule has 0 fully saturated rings. The number of nitrogens with one attached hydrogen (secondary N) is 1. The molecule has 254 valence electrons. The van der Waals surface area contributed by atoms with Gasteiger partial charge in [0.1, 0.15) is 43.6 Å². The van der Waals surface area contributed by atoms with Crippen molar-refractivity contribution < 1.29 is 51.2 Å². The van der Waals surface area contributed by atoms with E-state index in [1.807, 2.05) is 0 Å². The number of carbonyl (C=O) groups excluding carboxylic acids is 1. The van der Waals surface area contributed by atoms with Gasteiger partial charge in [-0.15, -0.1) is 16.4 Å². The van der Waals surface area contributed by atoms with Crippen LogP contribution in [0.1, 0.15) is 11.3 Å². The zero-order valence-corrected chi connectivity index (χ0v) is 26.6. The van der Waals surface area contributed by atoms with Crippen molar-refractivity contribution in [2.45, 2.75) is 30.1 Å². The molecule has 0 radical (unpaired) electrons. The number of nitrogens with two attached hydrogens (primary N) is 1. The van der Waals surface area contributed by atoms with E-state index in [0.717, 1.165) is 16.9 Å². The Morgan fingerprint density at radius 2 is 1.77 bits per heavy atom. The first kappa shape index (κ1) is 35.6. The highest BCUT2D eigenvalue weighted by Gasteiger charge is 2.21. The largest absolute Gasteiger partial charge is 0.491 e. The van der Waals surface area contributed by atoms with Crippen molar-refractivity contribution in [3.05, 3.63) is 59.9 Å². The number of aliphatic carboxylic acids is 1. The third kappa shape index (κ3) is 11.8. The van der Waals surface area contributed by atoms with Gasteiger partial charge in [0.2, 0.25) is 10.2 Å². The number of thiazole rings is 1. The van der Waals surface area contributed by atoms with Gasteiger partial charge in [-0.1, -0.05) is 17.3 Å². The summed E-state index contributed by atoms with van der Waals surface area (Å²) < 4.78 is 63.9. The Labute approximate surface area is 272 Å². The molecule has 1 atom stereocenters. The summed E-state index contributed by atoms with van der Waals surface area (Å²) in [5, 5.41) is 25.0. The van der Waals surface area contributed by atoms with Crippen LogP contribution in [0, 0.1) is 0 Å². The lowest BCUT2D eigenvalue weighted by atomic mass is 10.2. The average Bonchev–Trinajstić information content (AvgIpc) is 3.67. The highest BCUT2D eigenvalue weighted by molar-refractivity contribution is 7.91. The van der Waals surface area contributed by atoms with Crippen molar-refractivity contribution in [2.75, 3.05) is 46.3 Å². The van der Waals surface area contributed by atoms with Crippen LogP contribution < -0.4 is 19.9 Å². The molecule has 0 bridgehead atoms. The van der Waals surface area contributed by atoms with Gasteiger partial charge in [-0.3, -0.25) is 4.79 Å². The van der Waals surface area contributed by atoms with E-state index in [9.17, 15) is 27.5 Å². The number of nitrogens with zero attached hydrogens (tertiary/aromatic N) is 4. The first-order valence-corrected chi connectivity index (χ1v) is 16.5. The average molecular weight is 696 g/mol. The molecule has 0 aliphatic carbocycles. The Morgan fingerprint density at radius 3 is 2.53 bits per heavy atom. The van der Waals surface area contributed by atoms with Crippen molar-refractivity contribution >= 4 is 43.5 Å². The number of carbonyl (C=O) groups is 2. The molecular formula is C28H33FN6O10S2. The van der Waals surface area contributed by atoms with Gasteiger partial charge in [-0.25, -0.2) is 32.4 Å². The Bertz CT molecular complexity index is 1740. The van der Waals surface area contributed by atoms with E-state index in [-0.39, 0.29) is 43.9 Å². The number of hydrogen-bond donors (Lipinski definition) is 3. The zero-order valence-electron chi connectivity index (χ0n) is 24.9. The summed E-state index contributed by atoms with van der Waals surface area (Å²) in [6.45, 7) is 0.238. The van der Waals surface area contributed by atoms with Crippen LogP contribution in [0.5, 0.6) is 11.5 Å². The second kappa shape index (κ2) is 17.6. The van der Waals surface area contributed by atoms with E-state index >= 15 is 0 Å². The van der Waals surface area contributed by atoms with Crippen molar-refractivity contribution in [1.29, 1.82) is 0 Å². The Hall–Kier alpha value is -4.27. The van der Waals surface area contributed by atoms with Crippen LogP contribution in [-0.4, -0.2) is 97.7 Å². The number of benzene rings is 2. The zero-order chi connectivity index (χ0) is 33.6. The van der Waals surface area contributed by atoms with Crippen molar-refractivity contribution in [2.24, 2.45) is 5.14 Å². The highest BCUT2D eigenvalue weighted by Crippen LogP contribution is 2.28. The molecule has 4 rings (SSSR count). The van der Waals surface area contributed by atoms with Gasteiger partial charge in [0.05, 0.1) is 56.1 Å². The number of halogens is 1. The van der Waals surface area contributed by atoms with Crippen molar-refractivity contribution in [1.82, 2.24) is 25.3 Å². The van der Waals surface area contributed by atoms with Gasteiger partial charge >= 0.3 is 5.97 Å². The van der Waals surface area contributed by atoms with E-state index < -0.39 is 34.6 Å². The van der Waals surface area contributed by atoms with Crippen LogP contribution in [0.25, 0.3) is 10.2 Å². The number of carboxylic acid groups (broad SMARTS) is 1. The van der Waals surface area contributed by atoms with Crippen LogP contribution in [0.2, 0.25) is 0 Å². The quantitative estimate of drug-likeness (QED) is 0.105. The molecule has 0 unspecified atom stereocenters. The predicted octanol–water partition coefficient (Wildman–Crippen LogP) is 1.28. The Kier molecular flexibility index (Phi) is 13.3. The van der Waals surface area contributed by atoms with E-state index in [4.69, 9.17) is 28.8 Å². The summed E-state index contributed by atoms with van der Waals surface area (Å²) in [7, 11) is -3.92. The van der Waals surface area contributed by atoms with Gasteiger partial charge in [-0.2, -0.15) is 0 Å². The standard InChI is InChI=1S/C28H33FN6O10S2/c29-6-7-41-8-9-42-10-11-44-21-3-1-2-19(12-21)16-43-18-24(27(37)38)31-26(36)15-35-14-20(33-34-35)17-45-22-4-5-23-25(13-22)46-28(32-23)47(30,39)40/h1-5,12-14,24H,6-11,15-18H2,(H,31,36)(H,37,38)(H2,30,39,40)/t24-/m0/s1/i29-1. The number of aromatic nitrogens is 4. The third-order valence-electron chi connectivity index (χ3n) is 6.04. The van der Waals surface area contributed by atoms with Gasteiger partial charge < -0.3 is 34.1 Å². The molecule has 4 aromatic rings. The Balaban J connectivity index is 1.18. The molecule has 0 aliphatic rings. The number of fused-ring (bicyclic) bond motifs is 1. The van der Waals surface area contributed by atoms with Gasteiger partial charge in [-0.05, 0) is 35.9 Å². The molecule has 0 aliphatic heterocycles. The summed E-state index contributed by atoms with van der Waals surface area (Å²) in [6, 6.07) is 10.6. The fraction of sp³-hybridized carbons (Fsp3) is 0.393. The highest BCUT2D eigenvalue weighted by atomic mass is 32.2. The maximum atomic E-state index is 12.5. The minimum absolute atomic E-state index is 0.00234. The number of amides is 1. The summed E-state index contributed by atoms with van der Waals surface area (Å²) in [4.78, 5) is 28.3. The van der Waals surface area contributed by atoms with Crippen molar-refractivity contribution in [3.63, 3.8) is 0 Å². The van der Waals surface area contributed by atoms with E-state index in [0.29, 0.717) is 47.2 Å². The maximum absolute atomic E-state index is 12.5. The molecule has 0 spiro atoms. The van der Waals surface area contributed by atoms with Crippen LogP contribution in [0.3, 0.4) is 0 Å². The van der Waals surface area contributed by atoms with Gasteiger partial charge in [0, 0.05) is 0 Å². The summed E-state index contributed by atoms with van der Waals surface area (Å²) >= 11 is 0.917. The summed E-state index contributed by atoms with van der Waals surface area (Å²) in [5.74, 6) is -0.889. The first-order chi connectivity index (χ1) is 22.6. The molecule has 19 heteroatoms. The molecule has 2 heterocycles. The molecule has 0 saturated heterocycles. The monoisotopic (exact) mass is 695 g/mol. The Morgan fingerprint density at radius 1 is 1.00 bits per heavy atom. The second-order valence-corrected chi connectivity index (χ2v) is 12.5. The van der Waals surface area contributed by atoms with Gasteiger partial charge in [0.15, 0.2) is 6.04 Å². The SMILES string of the molecule is NS(=O)(=O)c1nc2ccc(OCc3cn(CC(=O)N[C@@H](COCc4cccc(OCCOCCOCC[18F])c4)C(=O)O)nn3)cc2s1. The maximum Gasteiger partial charge on any atom is 0.328 e. The minimum atomic E-state index is -3.92. The van der Waals surface area contributed by atoms with E-state index in [1.54, 1.807) is 42.5 Å². The molecule has 1 amide bonds. The van der Waals surface area contributed by atoms with Gasteiger partial charge in [0.25, 0.3) is 10.0 Å². The predicted molar refractivity (Wildman–Crippen MR) is 164 cm³/mol. The molecule has 4 N–H and O–H groups in total. The minimum Gasteiger partial charge on any atom is -0.491 e. The van der Waals surface area contributed by atoms with Crippen LogP contribution >= 0.6 is 11.3 Å². The summed E-state index contributed by atoms with van der Waals surface area (Å²) in [6.07, 6.45) is 1.47. The van der Waals surface area contributed by atoms with Crippen LogP contribution in [0.4, 0.5) is 4.39 Å². The smallest absolute Gasteiger partial charge is 0.328 e. The fourth-order valence-corrected chi connectivity index (χ4v) is 5.60. The van der Waals surface area contributed by atoms with Crippen molar-refractivity contribution in [3.8, 4) is 11.5 Å². The topological polar surface area (TPSA) is 216 Å². The normalized spacial score (nSPS) is 12.2. The molecular weight excluding hydrogens is 662 g/mol. The lowest BCUT2D eigenvalue weighted by Gasteiger charge is -2.15. The molecule has 16 nitrogen and oxygen atoms in total. The number of hydrogen-bond acceptors (Lipinski definition) is 13. The molecule has 47 heavy (non-hydrogen) atoms. The molecule has 2 aromatic heterocycles. The van der Waals surface area contributed by atoms with Crippen LogP contribution in [-0.2, 0) is 53.6 Å². The second-order valence-electron chi connectivity index (χ2n) is 9.73. The van der Waals surface area contributed by atoms with E-state index in [1.165, 1.54) is 10.9 Å². The fourth-order valence-electron chi connectivity index (χ4n) is 3.91. The molecule has 2 aromatic carbocycles. The number of ether oxygens (including phenoxy) is 5. The first-order valence-electron chi connectivity index (χ1n) is 14.1. The van der Waals surface area contributed by atoms with E-state index in [2.05, 4.69) is 20.6 Å².